The summed E-state index contributed by atoms with van der Waals surface area (Å²) in [6.07, 6.45) is 1.09. The molecule has 0 saturated heterocycles. The summed E-state index contributed by atoms with van der Waals surface area (Å²) >= 11 is 18.9. The number of hydrogen-bond acceptors (Lipinski definition) is 3. The monoisotopic (exact) mass is 532 g/mol. The molecular weight excluding hydrogens is 507 g/mol. The van der Waals surface area contributed by atoms with E-state index in [-0.39, 0.29) is 25.0 Å². The van der Waals surface area contributed by atoms with E-state index < -0.39 is 6.04 Å². The average Bonchev–Trinajstić information content (AvgIpc) is 2.85. The number of hydrogen-bond donors (Lipinski definition) is 1. The lowest BCUT2D eigenvalue weighted by atomic mass is 10.0. The number of halogens is 3. The van der Waals surface area contributed by atoms with Crippen molar-refractivity contribution in [3.8, 4) is 5.75 Å². The lowest BCUT2D eigenvalue weighted by molar-refractivity contribution is -0.142. The first-order valence-electron chi connectivity index (χ1n) is 11.3. The van der Waals surface area contributed by atoms with Gasteiger partial charge in [0.15, 0.2) is 6.61 Å². The third-order valence-electron chi connectivity index (χ3n) is 5.37. The van der Waals surface area contributed by atoms with Crippen molar-refractivity contribution in [2.75, 3.05) is 13.2 Å². The maximum absolute atomic E-state index is 13.5. The van der Waals surface area contributed by atoms with Crippen molar-refractivity contribution in [1.29, 1.82) is 0 Å². The van der Waals surface area contributed by atoms with Crippen molar-refractivity contribution in [1.82, 2.24) is 10.2 Å². The van der Waals surface area contributed by atoms with E-state index in [1.54, 1.807) is 42.5 Å². The second-order valence-corrected chi connectivity index (χ2v) is 9.22. The molecule has 0 heterocycles. The molecule has 0 aliphatic rings. The molecular formula is C27H27Cl3N2O3. The van der Waals surface area contributed by atoms with Crippen LogP contribution in [0.5, 0.6) is 5.75 Å². The van der Waals surface area contributed by atoms with Gasteiger partial charge in [-0.3, -0.25) is 9.59 Å². The van der Waals surface area contributed by atoms with Gasteiger partial charge in [-0.25, -0.2) is 0 Å². The molecule has 3 aromatic rings. The van der Waals surface area contributed by atoms with E-state index in [0.29, 0.717) is 39.3 Å². The SMILES string of the molecule is CCCNC(=O)C(Cc1ccccc1)N(Cc1c(Cl)cccc1Cl)C(=O)COc1cccc(Cl)c1. The number of amides is 2. The number of carbonyl (C=O) groups excluding carboxylic acids is 2. The Balaban J connectivity index is 1.94. The van der Waals surface area contributed by atoms with Gasteiger partial charge in [-0.05, 0) is 42.3 Å². The zero-order valence-electron chi connectivity index (χ0n) is 19.3. The maximum Gasteiger partial charge on any atom is 0.261 e. The molecule has 5 nitrogen and oxygen atoms in total. The summed E-state index contributed by atoms with van der Waals surface area (Å²) in [6.45, 7) is 2.23. The zero-order valence-corrected chi connectivity index (χ0v) is 21.6. The van der Waals surface area contributed by atoms with E-state index in [1.165, 1.54) is 4.90 Å². The van der Waals surface area contributed by atoms with E-state index >= 15 is 0 Å². The van der Waals surface area contributed by atoms with Crippen molar-refractivity contribution >= 4 is 46.6 Å². The number of rotatable bonds is 11. The predicted molar refractivity (Wildman–Crippen MR) is 141 cm³/mol. The van der Waals surface area contributed by atoms with Gasteiger partial charge < -0.3 is 15.0 Å². The predicted octanol–water partition coefficient (Wildman–Crippen LogP) is 6.19. The van der Waals surface area contributed by atoms with Crippen LogP contribution in [0.4, 0.5) is 0 Å². The topological polar surface area (TPSA) is 58.6 Å². The number of nitrogens with one attached hydrogen (secondary N) is 1. The second-order valence-electron chi connectivity index (χ2n) is 7.96. The normalized spacial score (nSPS) is 11.5. The molecule has 3 aromatic carbocycles. The largest absolute Gasteiger partial charge is 0.484 e. The summed E-state index contributed by atoms with van der Waals surface area (Å²) in [4.78, 5) is 28.3. The van der Waals surface area contributed by atoms with Crippen LogP contribution in [0.2, 0.25) is 15.1 Å². The number of carbonyl (C=O) groups is 2. The highest BCUT2D eigenvalue weighted by atomic mass is 35.5. The van der Waals surface area contributed by atoms with Crippen LogP contribution in [0, 0.1) is 0 Å². The van der Waals surface area contributed by atoms with Crippen molar-refractivity contribution in [2.24, 2.45) is 0 Å². The quantitative estimate of drug-likeness (QED) is 0.320. The number of ether oxygens (including phenoxy) is 1. The molecule has 0 bridgehead atoms. The Morgan fingerprint density at radius 3 is 2.29 bits per heavy atom. The molecule has 0 fully saturated rings. The van der Waals surface area contributed by atoms with Crippen LogP contribution in [-0.4, -0.2) is 35.9 Å². The summed E-state index contributed by atoms with van der Waals surface area (Å²) in [5, 5.41) is 4.25. The van der Waals surface area contributed by atoms with E-state index in [0.717, 1.165) is 12.0 Å². The molecule has 1 N–H and O–H groups in total. The highest BCUT2D eigenvalue weighted by Gasteiger charge is 2.31. The molecule has 8 heteroatoms. The Bertz CT molecular complexity index is 1120. The first-order chi connectivity index (χ1) is 16.9. The molecule has 0 aromatic heterocycles. The smallest absolute Gasteiger partial charge is 0.261 e. The fourth-order valence-corrected chi connectivity index (χ4v) is 4.26. The van der Waals surface area contributed by atoms with Crippen molar-refractivity contribution in [2.45, 2.75) is 32.4 Å². The van der Waals surface area contributed by atoms with E-state index in [2.05, 4.69) is 5.32 Å². The Morgan fingerprint density at radius 1 is 0.943 bits per heavy atom. The molecule has 3 rings (SSSR count). The van der Waals surface area contributed by atoms with Gasteiger partial charge in [-0.1, -0.05) is 84.2 Å². The van der Waals surface area contributed by atoms with E-state index in [1.807, 2.05) is 37.3 Å². The van der Waals surface area contributed by atoms with E-state index in [4.69, 9.17) is 39.5 Å². The fraction of sp³-hybridized carbons (Fsp3) is 0.259. The summed E-state index contributed by atoms with van der Waals surface area (Å²) in [7, 11) is 0. The van der Waals surface area contributed by atoms with Gasteiger partial charge >= 0.3 is 0 Å². The zero-order chi connectivity index (χ0) is 25.2. The van der Waals surface area contributed by atoms with Gasteiger partial charge in [-0.2, -0.15) is 0 Å². The van der Waals surface area contributed by atoms with Gasteiger partial charge in [-0.15, -0.1) is 0 Å². The number of nitrogens with zero attached hydrogens (tertiary/aromatic N) is 1. The maximum atomic E-state index is 13.5. The molecule has 35 heavy (non-hydrogen) atoms. The minimum atomic E-state index is -0.799. The summed E-state index contributed by atoms with van der Waals surface area (Å²) in [5.41, 5.74) is 1.48. The molecule has 0 aliphatic heterocycles. The van der Waals surface area contributed by atoms with Crippen molar-refractivity contribution in [3.63, 3.8) is 0 Å². The second kappa shape index (κ2) is 13.4. The Hall–Kier alpha value is -2.73. The molecule has 0 radical (unpaired) electrons. The third-order valence-corrected chi connectivity index (χ3v) is 6.31. The first-order valence-corrected chi connectivity index (χ1v) is 12.4. The first kappa shape index (κ1) is 26.9. The fourth-order valence-electron chi connectivity index (χ4n) is 3.56. The van der Waals surface area contributed by atoms with Crippen LogP contribution in [0.15, 0.2) is 72.8 Å². The highest BCUT2D eigenvalue weighted by Crippen LogP contribution is 2.27. The Morgan fingerprint density at radius 2 is 1.63 bits per heavy atom. The van der Waals surface area contributed by atoms with Gasteiger partial charge in [0.2, 0.25) is 5.91 Å². The van der Waals surface area contributed by atoms with Gasteiger partial charge in [0.1, 0.15) is 11.8 Å². The van der Waals surface area contributed by atoms with E-state index in [9.17, 15) is 9.59 Å². The van der Waals surface area contributed by atoms with Crippen molar-refractivity contribution in [3.05, 3.63) is 99.0 Å². The molecule has 184 valence electrons. The van der Waals surface area contributed by atoms with Crippen molar-refractivity contribution < 1.29 is 14.3 Å². The molecule has 1 unspecified atom stereocenters. The minimum absolute atomic E-state index is 0.0489. The minimum Gasteiger partial charge on any atom is -0.484 e. The Kier molecular flexibility index (Phi) is 10.3. The molecule has 2 amide bonds. The molecule has 0 saturated carbocycles. The highest BCUT2D eigenvalue weighted by molar-refractivity contribution is 6.36. The van der Waals surface area contributed by atoms with Gasteiger partial charge in [0.25, 0.3) is 5.91 Å². The molecule has 0 aliphatic carbocycles. The Labute approximate surface area is 220 Å². The standard InChI is InChI=1S/C27H27Cl3N2O3/c1-2-14-31-27(34)25(15-19-8-4-3-5-9-19)32(17-22-23(29)12-7-13-24(22)30)26(33)18-35-21-11-6-10-20(28)16-21/h3-13,16,25H,2,14-15,17-18H2,1H3,(H,31,34). The third kappa shape index (κ3) is 7.89. The molecule has 1 atom stereocenters. The van der Waals surface area contributed by atoms with Crippen LogP contribution >= 0.6 is 34.8 Å². The average molecular weight is 534 g/mol. The van der Waals surface area contributed by atoms with Gasteiger partial charge in [0.05, 0.1) is 0 Å². The lowest BCUT2D eigenvalue weighted by Crippen LogP contribution is -2.51. The summed E-state index contributed by atoms with van der Waals surface area (Å²) in [6, 6.07) is 20.7. The van der Waals surface area contributed by atoms with Crippen LogP contribution in [0.1, 0.15) is 24.5 Å². The van der Waals surface area contributed by atoms with Crippen LogP contribution in [0.25, 0.3) is 0 Å². The number of benzene rings is 3. The van der Waals surface area contributed by atoms with Gasteiger partial charge in [0, 0.05) is 40.1 Å². The summed E-state index contributed by atoms with van der Waals surface area (Å²) in [5.74, 6) is -0.180. The van der Waals surface area contributed by atoms with Crippen LogP contribution in [0.3, 0.4) is 0 Å². The van der Waals surface area contributed by atoms with Crippen LogP contribution < -0.4 is 10.1 Å². The molecule has 0 spiro atoms. The van der Waals surface area contributed by atoms with Crippen LogP contribution in [-0.2, 0) is 22.6 Å². The summed E-state index contributed by atoms with van der Waals surface area (Å²) < 4.78 is 5.72. The lowest BCUT2D eigenvalue weighted by Gasteiger charge is -2.32.